The lowest BCUT2D eigenvalue weighted by Gasteiger charge is -2.28. The molecule has 1 aromatic carbocycles. The average molecular weight is 258 g/mol. The topological polar surface area (TPSA) is 64.3 Å². The molecule has 1 aliphatic rings. The van der Waals surface area contributed by atoms with E-state index in [1.807, 2.05) is 23.0 Å². The number of carbonyl (C=O) groups is 1. The highest BCUT2D eigenvalue weighted by molar-refractivity contribution is 5.88. The summed E-state index contributed by atoms with van der Waals surface area (Å²) >= 11 is 0. The van der Waals surface area contributed by atoms with Crippen LogP contribution >= 0.6 is 0 Å². The van der Waals surface area contributed by atoms with Crippen molar-refractivity contribution in [2.45, 2.75) is 12.5 Å². The number of ether oxygens (including phenoxy) is 1. The molecule has 98 valence electrons. The van der Waals surface area contributed by atoms with Crippen LogP contribution in [0.2, 0.25) is 0 Å². The Hall–Kier alpha value is -2.14. The monoisotopic (exact) mass is 258 g/mol. The smallest absolute Gasteiger partial charge is 0.335 e. The summed E-state index contributed by atoms with van der Waals surface area (Å²) < 4.78 is 7.04. The van der Waals surface area contributed by atoms with Gasteiger partial charge in [0.15, 0.2) is 0 Å². The zero-order chi connectivity index (χ0) is 13.2. The van der Waals surface area contributed by atoms with Gasteiger partial charge in [0.1, 0.15) is 0 Å². The Morgan fingerprint density at radius 3 is 2.89 bits per heavy atom. The summed E-state index contributed by atoms with van der Waals surface area (Å²) in [5, 5.41) is 13.3. The Bertz CT molecular complexity index is 589. The molecule has 0 aliphatic carbocycles. The molecule has 1 aliphatic heterocycles. The Morgan fingerprint density at radius 1 is 1.47 bits per heavy atom. The lowest BCUT2D eigenvalue weighted by atomic mass is 9.91. The highest BCUT2D eigenvalue weighted by atomic mass is 16.5. The number of benzene rings is 1. The van der Waals surface area contributed by atoms with Gasteiger partial charge >= 0.3 is 5.97 Å². The Labute approximate surface area is 110 Å². The van der Waals surface area contributed by atoms with Gasteiger partial charge in [0, 0.05) is 18.3 Å². The summed E-state index contributed by atoms with van der Waals surface area (Å²) in [6, 6.07) is 7.15. The molecular formula is C14H14N2O3. The van der Waals surface area contributed by atoms with Gasteiger partial charge in [0.25, 0.3) is 0 Å². The van der Waals surface area contributed by atoms with E-state index < -0.39 is 5.97 Å². The molecule has 0 saturated carbocycles. The largest absolute Gasteiger partial charge is 0.478 e. The first-order valence-electron chi connectivity index (χ1n) is 6.15. The van der Waals surface area contributed by atoms with E-state index in [0.29, 0.717) is 31.2 Å². The third-order valence-corrected chi connectivity index (χ3v) is 3.36. The van der Waals surface area contributed by atoms with Gasteiger partial charge in [-0.1, -0.05) is 6.07 Å². The molecule has 1 aromatic heterocycles. The third kappa shape index (κ3) is 2.37. The minimum Gasteiger partial charge on any atom is -0.478 e. The molecule has 0 amide bonds. The normalized spacial score (nSPS) is 15.2. The molecule has 0 unspecified atom stereocenters. The molecule has 0 bridgehead atoms. The average Bonchev–Trinajstić information content (AvgIpc) is 2.81. The van der Waals surface area contributed by atoms with Crippen LogP contribution in [0.15, 0.2) is 36.7 Å². The number of hydrogen-bond acceptors (Lipinski definition) is 3. The van der Waals surface area contributed by atoms with Crippen molar-refractivity contribution in [3.8, 4) is 0 Å². The number of carboxylic acid groups (broad SMARTS) is 1. The maximum absolute atomic E-state index is 11.1. The van der Waals surface area contributed by atoms with Gasteiger partial charge in [0.2, 0.25) is 0 Å². The molecule has 0 spiro atoms. The summed E-state index contributed by atoms with van der Waals surface area (Å²) in [6.45, 7) is 1.98. The minimum atomic E-state index is -0.896. The Kier molecular flexibility index (Phi) is 3.05. The van der Waals surface area contributed by atoms with E-state index in [9.17, 15) is 4.79 Å². The molecule has 2 heterocycles. The van der Waals surface area contributed by atoms with Crippen LogP contribution in [0.1, 0.15) is 27.4 Å². The van der Waals surface area contributed by atoms with Crippen molar-refractivity contribution in [3.63, 3.8) is 0 Å². The van der Waals surface area contributed by atoms with Crippen molar-refractivity contribution >= 4 is 5.97 Å². The Balaban J connectivity index is 1.95. The van der Waals surface area contributed by atoms with Gasteiger partial charge in [-0.3, -0.25) is 4.68 Å². The van der Waals surface area contributed by atoms with Crippen molar-refractivity contribution in [2.24, 2.45) is 0 Å². The van der Waals surface area contributed by atoms with E-state index >= 15 is 0 Å². The second kappa shape index (κ2) is 4.85. The first kappa shape index (κ1) is 11.9. The number of aromatic carboxylic acids is 1. The van der Waals surface area contributed by atoms with Gasteiger partial charge in [-0.25, -0.2) is 4.79 Å². The first-order valence-corrected chi connectivity index (χ1v) is 6.15. The van der Waals surface area contributed by atoms with E-state index in [2.05, 4.69) is 5.10 Å². The van der Waals surface area contributed by atoms with E-state index in [1.54, 1.807) is 18.3 Å². The molecule has 1 saturated heterocycles. The van der Waals surface area contributed by atoms with E-state index in [0.717, 1.165) is 11.1 Å². The van der Waals surface area contributed by atoms with Crippen LogP contribution in [0.25, 0.3) is 0 Å². The van der Waals surface area contributed by atoms with Crippen molar-refractivity contribution in [3.05, 3.63) is 53.3 Å². The van der Waals surface area contributed by atoms with Crippen LogP contribution in [-0.2, 0) is 11.3 Å². The lowest BCUT2D eigenvalue weighted by molar-refractivity contribution is 0.00797. The number of aromatic nitrogens is 2. The van der Waals surface area contributed by atoms with E-state index in [-0.39, 0.29) is 0 Å². The highest BCUT2D eigenvalue weighted by Gasteiger charge is 2.24. The maximum Gasteiger partial charge on any atom is 0.335 e. The predicted molar refractivity (Wildman–Crippen MR) is 68.3 cm³/mol. The third-order valence-electron chi connectivity index (χ3n) is 3.36. The second-order valence-electron chi connectivity index (χ2n) is 4.66. The zero-order valence-corrected chi connectivity index (χ0v) is 10.3. The van der Waals surface area contributed by atoms with Crippen molar-refractivity contribution in [1.29, 1.82) is 0 Å². The highest BCUT2D eigenvalue weighted by Crippen LogP contribution is 2.28. The molecular weight excluding hydrogens is 244 g/mol. The van der Waals surface area contributed by atoms with E-state index in [1.165, 1.54) is 0 Å². The molecule has 3 rings (SSSR count). The van der Waals surface area contributed by atoms with Crippen molar-refractivity contribution in [1.82, 2.24) is 9.78 Å². The van der Waals surface area contributed by atoms with E-state index in [4.69, 9.17) is 9.84 Å². The maximum atomic E-state index is 11.1. The molecule has 2 aromatic rings. The predicted octanol–water partition coefficient (Wildman–Crippen LogP) is 1.74. The van der Waals surface area contributed by atoms with Gasteiger partial charge in [-0.05, 0) is 29.3 Å². The van der Waals surface area contributed by atoms with Crippen LogP contribution in [-0.4, -0.2) is 34.1 Å². The first-order chi connectivity index (χ1) is 9.24. The molecule has 5 nitrogen and oxygen atoms in total. The van der Waals surface area contributed by atoms with Crippen LogP contribution < -0.4 is 0 Å². The minimum absolute atomic E-state index is 0.296. The molecule has 1 fully saturated rings. The lowest BCUT2D eigenvalue weighted by Crippen LogP contribution is -2.27. The van der Waals surface area contributed by atoms with Crippen LogP contribution in [0.5, 0.6) is 0 Å². The van der Waals surface area contributed by atoms with Crippen LogP contribution in [0, 0.1) is 0 Å². The number of rotatable bonds is 4. The van der Waals surface area contributed by atoms with Gasteiger partial charge in [0.05, 0.1) is 25.3 Å². The summed E-state index contributed by atoms with van der Waals surface area (Å²) in [7, 11) is 0. The van der Waals surface area contributed by atoms with Gasteiger partial charge in [-0.2, -0.15) is 5.10 Å². The quantitative estimate of drug-likeness (QED) is 0.907. The number of hydrogen-bond donors (Lipinski definition) is 1. The summed E-state index contributed by atoms with van der Waals surface area (Å²) in [4.78, 5) is 11.1. The molecule has 0 atom stereocenters. The summed E-state index contributed by atoms with van der Waals surface area (Å²) in [5.74, 6) is -0.600. The standard InChI is InChI=1S/C14H14N2O3/c17-14(18)10-2-3-11(7-16-5-1-4-15-16)13(6-10)12-8-19-9-12/h1-6,12H,7-9H2,(H,17,18). The van der Waals surface area contributed by atoms with Gasteiger partial charge in [-0.15, -0.1) is 0 Å². The SMILES string of the molecule is O=C(O)c1ccc(Cn2cccn2)c(C2COC2)c1. The fraction of sp³-hybridized carbons (Fsp3) is 0.286. The van der Waals surface area contributed by atoms with Crippen molar-refractivity contribution < 1.29 is 14.6 Å². The number of nitrogens with zero attached hydrogens (tertiary/aromatic N) is 2. The van der Waals surface area contributed by atoms with Crippen LogP contribution in [0.3, 0.4) is 0 Å². The van der Waals surface area contributed by atoms with Crippen LogP contribution in [0.4, 0.5) is 0 Å². The molecule has 0 radical (unpaired) electrons. The number of carboxylic acids is 1. The summed E-state index contributed by atoms with van der Waals surface area (Å²) in [6.07, 6.45) is 3.63. The second-order valence-corrected chi connectivity index (χ2v) is 4.66. The van der Waals surface area contributed by atoms with Gasteiger partial charge < -0.3 is 9.84 Å². The fourth-order valence-electron chi connectivity index (χ4n) is 2.24. The molecule has 1 N–H and O–H groups in total. The molecule has 19 heavy (non-hydrogen) atoms. The summed E-state index contributed by atoms with van der Waals surface area (Å²) in [5.41, 5.74) is 2.48. The van der Waals surface area contributed by atoms with Crippen molar-refractivity contribution in [2.75, 3.05) is 13.2 Å². The fourth-order valence-corrected chi connectivity index (χ4v) is 2.24. The zero-order valence-electron chi connectivity index (χ0n) is 10.3. The Morgan fingerprint density at radius 2 is 2.32 bits per heavy atom. The molecule has 5 heteroatoms.